The maximum absolute atomic E-state index is 12.9. The summed E-state index contributed by atoms with van der Waals surface area (Å²) in [6.45, 7) is 2.01. The minimum absolute atomic E-state index is 0.0444. The van der Waals surface area contributed by atoms with E-state index in [1.54, 1.807) is 6.07 Å². The Kier molecular flexibility index (Phi) is 3.93. The van der Waals surface area contributed by atoms with Crippen molar-refractivity contribution in [3.05, 3.63) is 34.4 Å². The maximum Gasteiger partial charge on any atom is 0.240 e. The standard InChI is InChI=1S/C11H9Br2FN2O/c1-2-8(12)11-15-10(16-17-11)7-4-3-6(14)5-9(7)13/h3-5,8H,2H2,1H3. The highest BCUT2D eigenvalue weighted by molar-refractivity contribution is 9.10. The first-order valence-corrected chi connectivity index (χ1v) is 6.75. The number of rotatable bonds is 3. The summed E-state index contributed by atoms with van der Waals surface area (Å²) < 4.78 is 18.7. The fourth-order valence-electron chi connectivity index (χ4n) is 1.32. The van der Waals surface area contributed by atoms with Gasteiger partial charge in [-0.1, -0.05) is 28.0 Å². The van der Waals surface area contributed by atoms with Gasteiger partial charge >= 0.3 is 0 Å². The molecule has 0 amide bonds. The van der Waals surface area contributed by atoms with Crippen LogP contribution in [0.15, 0.2) is 27.2 Å². The Balaban J connectivity index is 2.37. The van der Waals surface area contributed by atoms with Crippen molar-refractivity contribution in [1.82, 2.24) is 10.1 Å². The SMILES string of the molecule is CCC(Br)c1nc(-c2ccc(F)cc2Br)no1. The zero-order valence-electron chi connectivity index (χ0n) is 8.95. The molecule has 0 N–H and O–H groups in total. The summed E-state index contributed by atoms with van der Waals surface area (Å²) in [6, 6.07) is 4.35. The first kappa shape index (κ1) is 12.7. The van der Waals surface area contributed by atoms with E-state index in [-0.39, 0.29) is 10.6 Å². The maximum atomic E-state index is 12.9. The van der Waals surface area contributed by atoms with Crippen LogP contribution in [0.5, 0.6) is 0 Å². The topological polar surface area (TPSA) is 38.9 Å². The first-order chi connectivity index (χ1) is 8.11. The van der Waals surface area contributed by atoms with Gasteiger partial charge in [0.05, 0.1) is 4.83 Å². The van der Waals surface area contributed by atoms with Crippen molar-refractivity contribution in [2.45, 2.75) is 18.2 Å². The molecule has 0 saturated heterocycles. The summed E-state index contributed by atoms with van der Waals surface area (Å²) in [7, 11) is 0. The van der Waals surface area contributed by atoms with Gasteiger partial charge in [-0.05, 0) is 40.5 Å². The zero-order chi connectivity index (χ0) is 12.4. The molecule has 1 atom stereocenters. The lowest BCUT2D eigenvalue weighted by atomic mass is 10.2. The van der Waals surface area contributed by atoms with Gasteiger partial charge in [-0.25, -0.2) is 4.39 Å². The van der Waals surface area contributed by atoms with Crippen LogP contribution < -0.4 is 0 Å². The van der Waals surface area contributed by atoms with Gasteiger partial charge in [0.1, 0.15) is 5.82 Å². The fourth-order valence-corrected chi connectivity index (χ4v) is 2.03. The fraction of sp³-hybridized carbons (Fsp3) is 0.273. The normalized spacial score (nSPS) is 12.7. The Labute approximate surface area is 115 Å². The van der Waals surface area contributed by atoms with Gasteiger partial charge in [-0.2, -0.15) is 4.98 Å². The summed E-state index contributed by atoms with van der Waals surface area (Å²) >= 11 is 6.71. The van der Waals surface area contributed by atoms with Crippen LogP contribution in [-0.2, 0) is 0 Å². The van der Waals surface area contributed by atoms with E-state index in [0.29, 0.717) is 21.8 Å². The largest absolute Gasteiger partial charge is 0.338 e. The molecule has 0 aliphatic rings. The van der Waals surface area contributed by atoms with Gasteiger partial charge in [0.2, 0.25) is 11.7 Å². The Bertz CT molecular complexity index is 530. The second-order valence-electron chi connectivity index (χ2n) is 3.46. The Morgan fingerprint density at radius 1 is 1.47 bits per heavy atom. The van der Waals surface area contributed by atoms with Crippen molar-refractivity contribution in [2.24, 2.45) is 0 Å². The third-order valence-corrected chi connectivity index (χ3v) is 3.94. The molecule has 0 aliphatic carbocycles. The van der Waals surface area contributed by atoms with Crippen LogP contribution in [0, 0.1) is 5.82 Å². The Morgan fingerprint density at radius 3 is 2.88 bits per heavy atom. The monoisotopic (exact) mass is 362 g/mol. The van der Waals surface area contributed by atoms with Crippen LogP contribution >= 0.6 is 31.9 Å². The number of benzene rings is 1. The molecule has 0 fully saturated rings. The quantitative estimate of drug-likeness (QED) is 0.754. The lowest BCUT2D eigenvalue weighted by Crippen LogP contribution is -1.88. The predicted octanol–water partition coefficient (Wildman–Crippen LogP) is 4.48. The summed E-state index contributed by atoms with van der Waals surface area (Å²) in [6.07, 6.45) is 0.853. The van der Waals surface area contributed by atoms with E-state index < -0.39 is 0 Å². The zero-order valence-corrected chi connectivity index (χ0v) is 12.1. The molecule has 0 aliphatic heterocycles. The molecular formula is C11H9Br2FN2O. The molecule has 1 aromatic carbocycles. The molecule has 0 bridgehead atoms. The number of nitrogens with zero attached hydrogens (tertiary/aromatic N) is 2. The molecule has 90 valence electrons. The van der Waals surface area contributed by atoms with Crippen molar-refractivity contribution in [1.29, 1.82) is 0 Å². The van der Waals surface area contributed by atoms with Crippen molar-refractivity contribution in [2.75, 3.05) is 0 Å². The van der Waals surface area contributed by atoms with Gasteiger partial charge in [0.25, 0.3) is 0 Å². The van der Waals surface area contributed by atoms with Crippen molar-refractivity contribution in [3.63, 3.8) is 0 Å². The van der Waals surface area contributed by atoms with Crippen LogP contribution in [0.4, 0.5) is 4.39 Å². The minimum Gasteiger partial charge on any atom is -0.338 e. The first-order valence-electron chi connectivity index (χ1n) is 5.05. The predicted molar refractivity (Wildman–Crippen MR) is 69.4 cm³/mol. The molecule has 1 aromatic heterocycles. The van der Waals surface area contributed by atoms with Gasteiger partial charge in [0, 0.05) is 10.0 Å². The molecule has 0 radical (unpaired) electrons. The number of aromatic nitrogens is 2. The molecule has 3 nitrogen and oxygen atoms in total. The van der Waals surface area contributed by atoms with Crippen LogP contribution in [0.3, 0.4) is 0 Å². The number of hydrogen-bond acceptors (Lipinski definition) is 3. The molecule has 0 spiro atoms. The highest BCUT2D eigenvalue weighted by Gasteiger charge is 2.16. The molecule has 2 rings (SSSR count). The summed E-state index contributed by atoms with van der Waals surface area (Å²) in [4.78, 5) is 4.31. The lowest BCUT2D eigenvalue weighted by molar-refractivity contribution is 0.377. The summed E-state index contributed by atoms with van der Waals surface area (Å²) in [5.41, 5.74) is 0.706. The van der Waals surface area contributed by atoms with Crippen molar-refractivity contribution in [3.8, 4) is 11.4 Å². The van der Waals surface area contributed by atoms with Crippen LogP contribution in [-0.4, -0.2) is 10.1 Å². The van der Waals surface area contributed by atoms with Crippen LogP contribution in [0.25, 0.3) is 11.4 Å². The molecule has 0 saturated carbocycles. The van der Waals surface area contributed by atoms with E-state index in [2.05, 4.69) is 42.0 Å². The van der Waals surface area contributed by atoms with E-state index in [4.69, 9.17) is 4.52 Å². The number of halogens is 3. The van der Waals surface area contributed by atoms with Crippen molar-refractivity contribution >= 4 is 31.9 Å². The van der Waals surface area contributed by atoms with Crippen molar-refractivity contribution < 1.29 is 8.91 Å². The molecule has 17 heavy (non-hydrogen) atoms. The Hall–Kier alpha value is -0.750. The van der Waals surface area contributed by atoms with Crippen LogP contribution in [0.1, 0.15) is 24.1 Å². The molecule has 6 heteroatoms. The van der Waals surface area contributed by atoms with Crippen LogP contribution in [0.2, 0.25) is 0 Å². The van der Waals surface area contributed by atoms with Gasteiger partial charge in [0.15, 0.2) is 0 Å². The van der Waals surface area contributed by atoms with E-state index in [1.165, 1.54) is 12.1 Å². The average Bonchev–Trinajstić information content (AvgIpc) is 2.77. The average molecular weight is 364 g/mol. The van der Waals surface area contributed by atoms with Gasteiger partial charge < -0.3 is 4.52 Å². The molecule has 1 unspecified atom stereocenters. The summed E-state index contributed by atoms with van der Waals surface area (Å²) in [5, 5.41) is 3.88. The minimum atomic E-state index is -0.309. The number of hydrogen-bond donors (Lipinski definition) is 0. The van der Waals surface area contributed by atoms with E-state index in [1.807, 2.05) is 6.92 Å². The number of alkyl halides is 1. The lowest BCUT2D eigenvalue weighted by Gasteiger charge is -1.99. The highest BCUT2D eigenvalue weighted by atomic mass is 79.9. The Morgan fingerprint density at radius 2 is 2.24 bits per heavy atom. The molecular weight excluding hydrogens is 355 g/mol. The second-order valence-corrected chi connectivity index (χ2v) is 5.42. The third kappa shape index (κ3) is 2.74. The van der Waals surface area contributed by atoms with Gasteiger partial charge in [-0.3, -0.25) is 0 Å². The van der Waals surface area contributed by atoms with E-state index in [9.17, 15) is 4.39 Å². The van der Waals surface area contributed by atoms with E-state index >= 15 is 0 Å². The smallest absolute Gasteiger partial charge is 0.240 e. The molecule has 1 heterocycles. The van der Waals surface area contributed by atoms with E-state index in [0.717, 1.165) is 6.42 Å². The third-order valence-electron chi connectivity index (χ3n) is 2.24. The van der Waals surface area contributed by atoms with Gasteiger partial charge in [-0.15, -0.1) is 0 Å². The molecule has 2 aromatic rings. The summed E-state index contributed by atoms with van der Waals surface area (Å²) in [5.74, 6) is 0.666. The highest BCUT2D eigenvalue weighted by Crippen LogP contribution is 2.30. The second kappa shape index (κ2) is 5.27.